The standard InChI is InChI=1S/C57H34N4OS/c1-3-16-35(17-4-1)55-58-56(36-18-5-2-6-19-36)60-57(59-55)38-21-13-20-37(34-38)39-32-33-50-52(53(39)61-46-28-10-7-22-40(46)41-23-8-11-29-47(41)61)51-43(25-15-31-49(51)63-50)45-27-14-26-44-42-24-9-12-30-48(42)62-54(44)45/h1-34H. The van der Waals surface area contributed by atoms with Crippen LogP contribution in [-0.2, 0) is 0 Å². The summed E-state index contributed by atoms with van der Waals surface area (Å²) >= 11 is 1.84. The van der Waals surface area contributed by atoms with Gasteiger partial charge < -0.3 is 8.98 Å². The minimum absolute atomic E-state index is 0.617. The highest BCUT2D eigenvalue weighted by Crippen LogP contribution is 2.49. The molecule has 0 amide bonds. The van der Waals surface area contributed by atoms with Crippen molar-refractivity contribution in [3.05, 3.63) is 206 Å². The van der Waals surface area contributed by atoms with Crippen LogP contribution in [0.4, 0.5) is 0 Å². The monoisotopic (exact) mass is 822 g/mol. The molecular weight excluding hydrogens is 789 g/mol. The van der Waals surface area contributed by atoms with Gasteiger partial charge in [0.25, 0.3) is 0 Å². The van der Waals surface area contributed by atoms with Gasteiger partial charge in [-0.15, -0.1) is 11.3 Å². The first-order valence-corrected chi connectivity index (χ1v) is 21.9. The Kier molecular flexibility index (Phi) is 8.01. The topological polar surface area (TPSA) is 56.7 Å². The van der Waals surface area contributed by atoms with Gasteiger partial charge in [-0.05, 0) is 47.5 Å². The molecule has 0 aliphatic heterocycles. The number of fused-ring (bicyclic) bond motifs is 9. The number of hydrogen-bond acceptors (Lipinski definition) is 5. The number of para-hydroxylation sites is 4. The van der Waals surface area contributed by atoms with Crippen molar-refractivity contribution in [1.29, 1.82) is 0 Å². The van der Waals surface area contributed by atoms with Crippen molar-refractivity contribution < 1.29 is 4.42 Å². The normalized spacial score (nSPS) is 11.8. The van der Waals surface area contributed by atoms with E-state index in [4.69, 9.17) is 19.4 Å². The van der Waals surface area contributed by atoms with E-state index in [0.29, 0.717) is 17.5 Å². The minimum atomic E-state index is 0.617. The fourth-order valence-corrected chi connectivity index (χ4v) is 10.6. The zero-order valence-corrected chi connectivity index (χ0v) is 34.6. The molecule has 0 saturated heterocycles. The molecule has 0 aliphatic carbocycles. The van der Waals surface area contributed by atoms with Crippen molar-refractivity contribution in [2.45, 2.75) is 0 Å². The molecule has 13 rings (SSSR count). The van der Waals surface area contributed by atoms with Gasteiger partial charge in [0.15, 0.2) is 17.5 Å². The lowest BCUT2D eigenvalue weighted by atomic mass is 9.94. The Balaban J connectivity index is 1.11. The number of nitrogens with zero attached hydrogens (tertiary/aromatic N) is 4. The predicted molar refractivity (Wildman–Crippen MR) is 262 cm³/mol. The molecule has 5 nitrogen and oxygen atoms in total. The molecule has 0 fully saturated rings. The van der Waals surface area contributed by atoms with Crippen molar-refractivity contribution in [1.82, 2.24) is 19.5 Å². The molecule has 6 heteroatoms. The fraction of sp³-hybridized carbons (Fsp3) is 0. The van der Waals surface area contributed by atoms with Crippen molar-refractivity contribution in [3.63, 3.8) is 0 Å². The van der Waals surface area contributed by atoms with Gasteiger partial charge in [-0.3, -0.25) is 0 Å². The average Bonchev–Trinajstić information content (AvgIpc) is 4.04. The van der Waals surface area contributed by atoms with Crippen molar-refractivity contribution in [3.8, 4) is 62.1 Å². The molecule has 13 aromatic rings. The summed E-state index contributed by atoms with van der Waals surface area (Å²) in [5.74, 6) is 1.88. The third-order valence-electron chi connectivity index (χ3n) is 12.3. The third kappa shape index (κ3) is 5.66. The minimum Gasteiger partial charge on any atom is -0.455 e. The Bertz CT molecular complexity index is 3810. The Morgan fingerprint density at radius 1 is 0.365 bits per heavy atom. The van der Waals surface area contributed by atoms with E-state index in [-0.39, 0.29) is 0 Å². The first-order chi connectivity index (χ1) is 31.2. The van der Waals surface area contributed by atoms with Gasteiger partial charge in [0.1, 0.15) is 11.2 Å². The summed E-state index contributed by atoms with van der Waals surface area (Å²) in [6.07, 6.45) is 0. The van der Waals surface area contributed by atoms with Crippen LogP contribution in [0.1, 0.15) is 0 Å². The highest BCUT2D eigenvalue weighted by molar-refractivity contribution is 7.26. The summed E-state index contributed by atoms with van der Waals surface area (Å²) in [5, 5.41) is 7.06. The fourth-order valence-electron chi connectivity index (χ4n) is 9.47. The maximum Gasteiger partial charge on any atom is 0.164 e. The molecule has 0 atom stereocenters. The number of furan rings is 1. The van der Waals surface area contributed by atoms with Gasteiger partial charge in [0, 0.05) is 69.5 Å². The summed E-state index contributed by atoms with van der Waals surface area (Å²) in [5.41, 5.74) is 12.4. The quantitative estimate of drug-likeness (QED) is 0.168. The van der Waals surface area contributed by atoms with Crippen molar-refractivity contribution in [2.75, 3.05) is 0 Å². The largest absolute Gasteiger partial charge is 0.455 e. The van der Waals surface area contributed by atoms with E-state index in [0.717, 1.165) is 77.6 Å². The molecule has 0 bridgehead atoms. The molecule has 0 radical (unpaired) electrons. The predicted octanol–water partition coefficient (Wildman–Crippen LogP) is 15.6. The average molecular weight is 823 g/mol. The van der Waals surface area contributed by atoms with Crippen LogP contribution in [0, 0.1) is 0 Å². The summed E-state index contributed by atoms with van der Waals surface area (Å²) < 4.78 is 11.6. The van der Waals surface area contributed by atoms with Crippen LogP contribution in [-0.4, -0.2) is 19.5 Å². The van der Waals surface area contributed by atoms with Crippen LogP contribution in [0.2, 0.25) is 0 Å². The van der Waals surface area contributed by atoms with E-state index in [2.05, 4.69) is 144 Å². The third-order valence-corrected chi connectivity index (χ3v) is 13.4. The molecule has 0 spiro atoms. The van der Waals surface area contributed by atoms with Gasteiger partial charge >= 0.3 is 0 Å². The SMILES string of the molecule is c1ccc(-c2nc(-c3ccccc3)nc(-c3cccc(-c4ccc5sc6cccc(-c7cccc8c7oc7ccccc78)c6c5c4-n4c5ccccc5c5ccccc54)c3)n2)cc1. The highest BCUT2D eigenvalue weighted by atomic mass is 32.1. The lowest BCUT2D eigenvalue weighted by Gasteiger charge is -2.18. The molecule has 294 valence electrons. The Hall–Kier alpha value is -8.19. The number of aromatic nitrogens is 4. The van der Waals surface area contributed by atoms with Gasteiger partial charge in [-0.1, -0.05) is 170 Å². The van der Waals surface area contributed by atoms with Crippen LogP contribution >= 0.6 is 11.3 Å². The van der Waals surface area contributed by atoms with E-state index in [1.807, 2.05) is 78.1 Å². The molecule has 63 heavy (non-hydrogen) atoms. The van der Waals surface area contributed by atoms with E-state index in [1.54, 1.807) is 0 Å². The lowest BCUT2D eigenvalue weighted by molar-refractivity contribution is 0.670. The number of benzene rings is 9. The van der Waals surface area contributed by atoms with Crippen LogP contribution in [0.25, 0.3) is 126 Å². The number of hydrogen-bond donors (Lipinski definition) is 0. The summed E-state index contributed by atoms with van der Waals surface area (Å²) in [6, 6.07) is 72.7. The molecule has 0 aliphatic rings. The Morgan fingerprint density at radius 2 is 0.889 bits per heavy atom. The molecule has 0 N–H and O–H groups in total. The zero-order valence-electron chi connectivity index (χ0n) is 33.7. The highest BCUT2D eigenvalue weighted by Gasteiger charge is 2.24. The van der Waals surface area contributed by atoms with Crippen LogP contribution in [0.3, 0.4) is 0 Å². The molecule has 4 heterocycles. The van der Waals surface area contributed by atoms with Crippen LogP contribution in [0.15, 0.2) is 211 Å². The van der Waals surface area contributed by atoms with Gasteiger partial charge in [-0.25, -0.2) is 15.0 Å². The Morgan fingerprint density at radius 3 is 1.60 bits per heavy atom. The lowest BCUT2D eigenvalue weighted by Crippen LogP contribution is -2.01. The summed E-state index contributed by atoms with van der Waals surface area (Å²) in [7, 11) is 0. The van der Waals surface area contributed by atoms with E-state index < -0.39 is 0 Å². The smallest absolute Gasteiger partial charge is 0.164 e. The van der Waals surface area contributed by atoms with Gasteiger partial charge in [0.05, 0.1) is 16.7 Å². The zero-order chi connectivity index (χ0) is 41.4. The van der Waals surface area contributed by atoms with Crippen LogP contribution < -0.4 is 0 Å². The maximum atomic E-state index is 6.70. The first kappa shape index (κ1) is 35.6. The molecular formula is C57H34N4OS. The number of thiophene rings is 1. The number of rotatable bonds is 6. The van der Waals surface area contributed by atoms with E-state index in [1.165, 1.54) is 30.9 Å². The second-order valence-electron chi connectivity index (χ2n) is 15.9. The summed E-state index contributed by atoms with van der Waals surface area (Å²) in [6.45, 7) is 0. The maximum absolute atomic E-state index is 6.70. The van der Waals surface area contributed by atoms with Crippen molar-refractivity contribution >= 4 is 75.3 Å². The molecule has 0 saturated carbocycles. The Labute approximate surface area is 365 Å². The van der Waals surface area contributed by atoms with Crippen molar-refractivity contribution in [2.24, 2.45) is 0 Å². The first-order valence-electron chi connectivity index (χ1n) is 21.1. The second kappa shape index (κ2) is 14.2. The van der Waals surface area contributed by atoms with Crippen LogP contribution in [0.5, 0.6) is 0 Å². The van der Waals surface area contributed by atoms with E-state index >= 15 is 0 Å². The second-order valence-corrected chi connectivity index (χ2v) is 17.0. The van der Waals surface area contributed by atoms with Gasteiger partial charge in [0.2, 0.25) is 0 Å². The molecule has 4 aromatic heterocycles. The molecule has 9 aromatic carbocycles. The van der Waals surface area contributed by atoms with Gasteiger partial charge in [-0.2, -0.15) is 0 Å². The van der Waals surface area contributed by atoms with E-state index in [9.17, 15) is 0 Å². The molecule has 0 unspecified atom stereocenters. The summed E-state index contributed by atoms with van der Waals surface area (Å²) in [4.78, 5) is 15.2.